The van der Waals surface area contributed by atoms with Crippen molar-refractivity contribution >= 4 is 34.8 Å². The Labute approximate surface area is 104 Å². The number of amides is 1. The summed E-state index contributed by atoms with van der Waals surface area (Å²) in [7, 11) is 0. The third-order valence-corrected chi connectivity index (χ3v) is 2.56. The number of hydrogen-bond donors (Lipinski definition) is 2. The van der Waals surface area contributed by atoms with Crippen molar-refractivity contribution in [2.75, 3.05) is 18.4 Å². The van der Waals surface area contributed by atoms with Crippen molar-refractivity contribution in [1.29, 1.82) is 0 Å². The van der Waals surface area contributed by atoms with E-state index in [9.17, 15) is 4.79 Å². The van der Waals surface area contributed by atoms with Crippen LogP contribution in [-0.2, 0) is 4.79 Å². The van der Waals surface area contributed by atoms with Gasteiger partial charge in [-0.15, -0.1) is 6.58 Å². The quantitative estimate of drug-likeness (QED) is 0.798. The fraction of sp³-hybridized carbons (Fsp3) is 0.182. The summed E-state index contributed by atoms with van der Waals surface area (Å²) in [5, 5.41) is 6.53. The van der Waals surface area contributed by atoms with Crippen molar-refractivity contribution in [2.45, 2.75) is 0 Å². The average molecular weight is 259 g/mol. The molecule has 0 fully saturated rings. The molecule has 0 aliphatic rings. The van der Waals surface area contributed by atoms with Crippen LogP contribution >= 0.6 is 23.2 Å². The normalized spacial score (nSPS) is 9.62. The SMILES string of the molecule is C=CCNC(=O)CNc1ccc(Cl)c(Cl)c1. The number of rotatable bonds is 5. The Kier molecular flexibility index (Phi) is 5.15. The van der Waals surface area contributed by atoms with Crippen LogP contribution < -0.4 is 10.6 Å². The average Bonchev–Trinajstić information content (AvgIpc) is 2.28. The molecular formula is C11H12Cl2N2O. The molecule has 16 heavy (non-hydrogen) atoms. The van der Waals surface area contributed by atoms with E-state index in [1.165, 1.54) is 0 Å². The first-order valence-corrected chi connectivity index (χ1v) is 5.45. The molecule has 2 N–H and O–H groups in total. The van der Waals surface area contributed by atoms with Gasteiger partial charge in [0, 0.05) is 12.2 Å². The maximum Gasteiger partial charge on any atom is 0.239 e. The topological polar surface area (TPSA) is 41.1 Å². The lowest BCUT2D eigenvalue weighted by atomic mass is 10.3. The van der Waals surface area contributed by atoms with Crippen LogP contribution in [0, 0.1) is 0 Å². The van der Waals surface area contributed by atoms with Gasteiger partial charge >= 0.3 is 0 Å². The molecule has 1 rings (SSSR count). The summed E-state index contributed by atoms with van der Waals surface area (Å²) < 4.78 is 0. The zero-order chi connectivity index (χ0) is 12.0. The second kappa shape index (κ2) is 6.40. The van der Waals surface area contributed by atoms with Crippen molar-refractivity contribution in [3.8, 4) is 0 Å². The van der Waals surface area contributed by atoms with E-state index in [-0.39, 0.29) is 12.5 Å². The summed E-state index contributed by atoms with van der Waals surface area (Å²) in [6, 6.07) is 5.10. The molecule has 3 nitrogen and oxygen atoms in total. The second-order valence-corrected chi connectivity index (χ2v) is 3.89. The molecule has 0 aromatic heterocycles. The van der Waals surface area contributed by atoms with Crippen LogP contribution in [0.4, 0.5) is 5.69 Å². The van der Waals surface area contributed by atoms with Gasteiger partial charge in [-0.2, -0.15) is 0 Å². The fourth-order valence-corrected chi connectivity index (χ4v) is 1.34. The molecule has 5 heteroatoms. The first-order valence-electron chi connectivity index (χ1n) is 4.70. The molecule has 0 radical (unpaired) electrons. The fourth-order valence-electron chi connectivity index (χ4n) is 1.04. The molecule has 1 amide bonds. The van der Waals surface area contributed by atoms with Gasteiger partial charge in [0.05, 0.1) is 16.6 Å². The Morgan fingerprint density at radius 3 is 2.75 bits per heavy atom. The summed E-state index contributed by atoms with van der Waals surface area (Å²) in [5.41, 5.74) is 0.753. The van der Waals surface area contributed by atoms with E-state index in [0.29, 0.717) is 16.6 Å². The minimum absolute atomic E-state index is 0.106. The molecule has 0 heterocycles. The Bertz CT molecular complexity index is 394. The Balaban J connectivity index is 2.45. The van der Waals surface area contributed by atoms with E-state index in [0.717, 1.165) is 5.69 Å². The Hall–Kier alpha value is -1.19. The lowest BCUT2D eigenvalue weighted by Gasteiger charge is -2.07. The van der Waals surface area contributed by atoms with E-state index in [1.807, 2.05) is 0 Å². The van der Waals surface area contributed by atoms with E-state index < -0.39 is 0 Å². The summed E-state index contributed by atoms with van der Waals surface area (Å²) >= 11 is 11.6. The highest BCUT2D eigenvalue weighted by atomic mass is 35.5. The summed E-state index contributed by atoms with van der Waals surface area (Å²) in [6.45, 7) is 4.15. The minimum Gasteiger partial charge on any atom is -0.376 e. The van der Waals surface area contributed by atoms with Gasteiger partial charge in [0.1, 0.15) is 0 Å². The van der Waals surface area contributed by atoms with Gasteiger partial charge in [0.15, 0.2) is 0 Å². The van der Waals surface area contributed by atoms with Crippen molar-refractivity contribution in [3.63, 3.8) is 0 Å². The van der Waals surface area contributed by atoms with Crippen LogP contribution in [0.15, 0.2) is 30.9 Å². The summed E-state index contributed by atoms with van der Waals surface area (Å²) in [6.07, 6.45) is 1.62. The van der Waals surface area contributed by atoms with Gasteiger partial charge in [0.2, 0.25) is 5.91 Å². The number of anilines is 1. The monoisotopic (exact) mass is 258 g/mol. The molecule has 0 saturated carbocycles. The highest BCUT2D eigenvalue weighted by Crippen LogP contribution is 2.24. The number of nitrogens with one attached hydrogen (secondary N) is 2. The van der Waals surface area contributed by atoms with Crippen LogP contribution in [0.3, 0.4) is 0 Å². The molecule has 1 aromatic carbocycles. The van der Waals surface area contributed by atoms with Crippen LogP contribution in [0.1, 0.15) is 0 Å². The highest BCUT2D eigenvalue weighted by molar-refractivity contribution is 6.42. The molecule has 0 unspecified atom stereocenters. The first-order chi connectivity index (χ1) is 7.63. The maximum atomic E-state index is 11.2. The van der Waals surface area contributed by atoms with Gasteiger partial charge in [-0.05, 0) is 18.2 Å². The third kappa shape index (κ3) is 4.13. The van der Waals surface area contributed by atoms with Crippen LogP contribution in [0.5, 0.6) is 0 Å². The number of carbonyl (C=O) groups is 1. The van der Waals surface area contributed by atoms with E-state index in [2.05, 4.69) is 17.2 Å². The predicted molar refractivity (Wildman–Crippen MR) is 68.2 cm³/mol. The third-order valence-electron chi connectivity index (χ3n) is 1.82. The molecule has 1 aromatic rings. The van der Waals surface area contributed by atoms with E-state index in [1.54, 1.807) is 24.3 Å². The van der Waals surface area contributed by atoms with Gasteiger partial charge in [-0.25, -0.2) is 0 Å². The molecule has 0 aliphatic heterocycles. The van der Waals surface area contributed by atoms with Crippen LogP contribution in [-0.4, -0.2) is 19.0 Å². The number of carbonyl (C=O) groups excluding carboxylic acids is 1. The maximum absolute atomic E-state index is 11.2. The standard InChI is InChI=1S/C11H12Cl2N2O/c1-2-5-14-11(16)7-15-8-3-4-9(12)10(13)6-8/h2-4,6,15H,1,5,7H2,(H,14,16). The lowest BCUT2D eigenvalue weighted by molar-refractivity contribution is -0.119. The van der Waals surface area contributed by atoms with Crippen molar-refractivity contribution < 1.29 is 4.79 Å². The molecule has 0 aliphatic carbocycles. The summed E-state index contributed by atoms with van der Waals surface area (Å²) in [4.78, 5) is 11.2. The zero-order valence-electron chi connectivity index (χ0n) is 8.59. The van der Waals surface area contributed by atoms with Gasteiger partial charge < -0.3 is 10.6 Å². The van der Waals surface area contributed by atoms with E-state index >= 15 is 0 Å². The number of halogens is 2. The first kappa shape index (κ1) is 12.9. The van der Waals surface area contributed by atoms with Gasteiger partial charge in [-0.1, -0.05) is 29.3 Å². The van der Waals surface area contributed by atoms with Crippen LogP contribution in [0.25, 0.3) is 0 Å². The minimum atomic E-state index is -0.106. The summed E-state index contributed by atoms with van der Waals surface area (Å²) in [5.74, 6) is -0.106. The largest absolute Gasteiger partial charge is 0.376 e. The molecular weight excluding hydrogens is 247 g/mol. The van der Waals surface area contributed by atoms with Crippen LogP contribution in [0.2, 0.25) is 10.0 Å². The van der Waals surface area contributed by atoms with Gasteiger partial charge in [-0.3, -0.25) is 4.79 Å². The Morgan fingerprint density at radius 1 is 1.38 bits per heavy atom. The number of hydrogen-bond acceptors (Lipinski definition) is 2. The Morgan fingerprint density at radius 2 is 2.12 bits per heavy atom. The van der Waals surface area contributed by atoms with Crippen molar-refractivity contribution in [1.82, 2.24) is 5.32 Å². The van der Waals surface area contributed by atoms with E-state index in [4.69, 9.17) is 23.2 Å². The molecule has 0 atom stereocenters. The van der Waals surface area contributed by atoms with Crippen molar-refractivity contribution in [2.24, 2.45) is 0 Å². The molecule has 86 valence electrons. The molecule has 0 bridgehead atoms. The molecule has 0 saturated heterocycles. The zero-order valence-corrected chi connectivity index (χ0v) is 10.1. The lowest BCUT2D eigenvalue weighted by Crippen LogP contribution is -2.29. The number of benzene rings is 1. The van der Waals surface area contributed by atoms with Gasteiger partial charge in [0.25, 0.3) is 0 Å². The molecule has 0 spiro atoms. The highest BCUT2D eigenvalue weighted by Gasteiger charge is 2.01. The predicted octanol–water partition coefficient (Wildman–Crippen LogP) is 2.71. The van der Waals surface area contributed by atoms with Crippen molar-refractivity contribution in [3.05, 3.63) is 40.9 Å². The smallest absolute Gasteiger partial charge is 0.239 e. The second-order valence-electron chi connectivity index (χ2n) is 3.08.